The van der Waals surface area contributed by atoms with E-state index in [1.54, 1.807) is 6.07 Å². The third kappa shape index (κ3) is 3.22. The zero-order chi connectivity index (χ0) is 21.8. The van der Waals surface area contributed by atoms with Crippen molar-refractivity contribution >= 4 is 33.3 Å². The Morgan fingerprint density at radius 1 is 1.19 bits per heavy atom. The third-order valence-corrected chi connectivity index (χ3v) is 6.26. The number of pyridine rings is 1. The summed E-state index contributed by atoms with van der Waals surface area (Å²) in [5.41, 5.74) is 8.76. The molecule has 0 aliphatic carbocycles. The molecular weight excluding hydrogens is 399 g/mol. The number of aromatic nitrogens is 3. The molecule has 9 heteroatoms. The van der Waals surface area contributed by atoms with Crippen molar-refractivity contribution in [2.75, 3.05) is 43.4 Å². The minimum Gasteiger partial charge on any atom is -0.397 e. The van der Waals surface area contributed by atoms with Crippen molar-refractivity contribution in [3.05, 3.63) is 52.6 Å². The van der Waals surface area contributed by atoms with Gasteiger partial charge in [-0.05, 0) is 37.3 Å². The Bertz CT molecular complexity index is 1350. The standard InChI is InChI=1S/C22H23FN6O2/c1-2-29(31)10-8-28(9-11-29)13-6-7-15-17(12-13)26-21(25-15)19-20(24)18-14(23)4-3-5-16(18)27-22(19)30/h3-7,12,31H,2,8-11H2,1H3,(H3-,24,25,26,27,30)/p+1. The maximum Gasteiger partial charge on any atom is 0.261 e. The van der Waals surface area contributed by atoms with Gasteiger partial charge in [0.2, 0.25) is 0 Å². The van der Waals surface area contributed by atoms with Crippen molar-refractivity contribution < 1.29 is 14.2 Å². The molecule has 31 heavy (non-hydrogen) atoms. The van der Waals surface area contributed by atoms with Gasteiger partial charge in [0.05, 0.1) is 40.7 Å². The van der Waals surface area contributed by atoms with Crippen molar-refractivity contribution in [1.82, 2.24) is 15.0 Å². The minimum absolute atomic E-state index is 0.0591. The maximum absolute atomic E-state index is 14.4. The SMILES string of the molecule is CC[N+]1(O)CCN(c2ccc3nc(-c4c(N)c5c(F)cccc5[nH]c4=O)[nH]c3c2)CC1. The Balaban J connectivity index is 1.55. The van der Waals surface area contributed by atoms with E-state index < -0.39 is 11.4 Å². The fourth-order valence-electron chi connectivity index (χ4n) is 4.29. The molecule has 160 valence electrons. The molecule has 0 radical (unpaired) electrons. The van der Waals surface area contributed by atoms with Crippen molar-refractivity contribution in [3.8, 4) is 11.4 Å². The van der Waals surface area contributed by atoms with Crippen LogP contribution >= 0.6 is 0 Å². The summed E-state index contributed by atoms with van der Waals surface area (Å²) < 4.78 is 14.5. The Hall–Kier alpha value is -3.43. The lowest BCUT2D eigenvalue weighted by Crippen LogP contribution is -2.57. The second kappa shape index (κ2) is 7.07. The number of nitrogens with two attached hydrogens (primary N) is 1. The molecule has 0 unspecified atom stereocenters. The van der Waals surface area contributed by atoms with Gasteiger partial charge in [0.1, 0.15) is 36.8 Å². The van der Waals surface area contributed by atoms with Crippen LogP contribution in [0.5, 0.6) is 0 Å². The Morgan fingerprint density at radius 3 is 2.71 bits per heavy atom. The summed E-state index contributed by atoms with van der Waals surface area (Å²) in [5, 5.41) is 10.6. The van der Waals surface area contributed by atoms with Gasteiger partial charge in [-0.15, -0.1) is 0 Å². The van der Waals surface area contributed by atoms with Gasteiger partial charge in [0, 0.05) is 5.69 Å². The molecule has 0 saturated carbocycles. The summed E-state index contributed by atoms with van der Waals surface area (Å²) in [7, 11) is 0. The number of anilines is 2. The highest BCUT2D eigenvalue weighted by atomic mass is 19.1. The number of halogens is 1. The number of quaternary nitrogens is 1. The summed E-state index contributed by atoms with van der Waals surface area (Å²) in [6.45, 7) is 5.49. The second-order valence-corrected chi connectivity index (χ2v) is 8.04. The van der Waals surface area contributed by atoms with Gasteiger partial charge in [-0.25, -0.2) is 14.6 Å². The van der Waals surface area contributed by atoms with Crippen LogP contribution < -0.4 is 16.2 Å². The Morgan fingerprint density at radius 2 is 1.97 bits per heavy atom. The lowest BCUT2D eigenvalue weighted by Gasteiger charge is -2.38. The number of rotatable bonds is 3. The second-order valence-electron chi connectivity index (χ2n) is 8.04. The molecule has 1 aliphatic rings. The highest BCUT2D eigenvalue weighted by molar-refractivity contribution is 5.98. The molecule has 1 saturated heterocycles. The van der Waals surface area contributed by atoms with Crippen LogP contribution in [0.1, 0.15) is 6.92 Å². The first-order chi connectivity index (χ1) is 14.9. The molecule has 2 aromatic heterocycles. The number of benzene rings is 2. The van der Waals surface area contributed by atoms with Crippen LogP contribution in [0.15, 0.2) is 41.2 Å². The number of nitrogens with one attached hydrogen (secondary N) is 2. The van der Waals surface area contributed by atoms with Gasteiger partial charge in [-0.2, -0.15) is 4.65 Å². The van der Waals surface area contributed by atoms with E-state index in [1.807, 2.05) is 25.1 Å². The fraction of sp³-hybridized carbons (Fsp3) is 0.273. The summed E-state index contributed by atoms with van der Waals surface area (Å²) in [6.07, 6.45) is 0. The van der Waals surface area contributed by atoms with Crippen molar-refractivity contribution in [2.24, 2.45) is 0 Å². The molecule has 4 aromatic rings. The maximum atomic E-state index is 14.4. The van der Waals surface area contributed by atoms with Crippen molar-refractivity contribution in [1.29, 1.82) is 0 Å². The summed E-state index contributed by atoms with van der Waals surface area (Å²) in [4.78, 5) is 25.3. The largest absolute Gasteiger partial charge is 0.397 e. The summed E-state index contributed by atoms with van der Waals surface area (Å²) >= 11 is 0. The van der Waals surface area contributed by atoms with Crippen LogP contribution in [0.3, 0.4) is 0 Å². The van der Waals surface area contributed by atoms with Gasteiger partial charge in [0.15, 0.2) is 0 Å². The number of hydroxylamine groups is 3. The molecule has 8 nitrogen and oxygen atoms in total. The van der Waals surface area contributed by atoms with Crippen LogP contribution in [0.25, 0.3) is 33.3 Å². The lowest BCUT2D eigenvalue weighted by molar-refractivity contribution is -1.10. The molecule has 0 amide bonds. The van der Waals surface area contributed by atoms with Crippen molar-refractivity contribution in [2.45, 2.75) is 6.92 Å². The van der Waals surface area contributed by atoms with Crippen LogP contribution in [0.4, 0.5) is 15.8 Å². The molecule has 0 atom stereocenters. The van der Waals surface area contributed by atoms with E-state index in [0.717, 1.165) is 24.3 Å². The zero-order valence-corrected chi connectivity index (χ0v) is 17.2. The Kier molecular flexibility index (Phi) is 4.45. The van der Waals surface area contributed by atoms with E-state index in [9.17, 15) is 14.4 Å². The smallest absolute Gasteiger partial charge is 0.261 e. The van der Waals surface area contributed by atoms with Crippen LogP contribution in [-0.2, 0) is 0 Å². The van der Waals surface area contributed by atoms with Gasteiger partial charge >= 0.3 is 0 Å². The number of nitrogen functional groups attached to an aromatic ring is 1. The van der Waals surface area contributed by atoms with E-state index in [1.165, 1.54) is 12.1 Å². The van der Waals surface area contributed by atoms with Crippen LogP contribution in [0.2, 0.25) is 0 Å². The molecule has 5 N–H and O–H groups in total. The monoisotopic (exact) mass is 423 g/mol. The average Bonchev–Trinajstić information content (AvgIpc) is 3.16. The van der Waals surface area contributed by atoms with E-state index >= 15 is 0 Å². The van der Waals surface area contributed by atoms with E-state index in [4.69, 9.17) is 5.73 Å². The van der Waals surface area contributed by atoms with Gasteiger partial charge in [0.25, 0.3) is 5.56 Å². The van der Waals surface area contributed by atoms with E-state index in [2.05, 4.69) is 19.9 Å². The van der Waals surface area contributed by atoms with E-state index in [-0.39, 0.29) is 21.3 Å². The molecule has 0 spiro atoms. The number of imidazole rings is 1. The number of hydrogen-bond acceptors (Lipinski definition) is 5. The molecule has 0 bridgehead atoms. The number of aromatic amines is 2. The molecular formula is C22H24FN6O2+. The van der Waals surface area contributed by atoms with Crippen molar-refractivity contribution in [3.63, 3.8) is 0 Å². The van der Waals surface area contributed by atoms with Crippen LogP contribution in [-0.4, -0.2) is 57.5 Å². The number of fused-ring (bicyclic) bond motifs is 2. The topological polar surface area (TPSA) is 111 Å². The molecule has 1 aliphatic heterocycles. The van der Waals surface area contributed by atoms with E-state index in [0.29, 0.717) is 36.5 Å². The molecule has 1 fully saturated rings. The molecule has 2 aromatic carbocycles. The predicted molar refractivity (Wildman–Crippen MR) is 119 cm³/mol. The number of H-pyrrole nitrogens is 2. The van der Waals surface area contributed by atoms with Gasteiger partial charge < -0.3 is 20.6 Å². The number of piperazine rings is 1. The zero-order valence-electron chi connectivity index (χ0n) is 17.2. The van der Waals surface area contributed by atoms with Gasteiger partial charge in [-0.3, -0.25) is 4.79 Å². The first kappa shape index (κ1) is 19.5. The first-order valence-electron chi connectivity index (χ1n) is 10.3. The average molecular weight is 423 g/mol. The summed E-state index contributed by atoms with van der Waals surface area (Å²) in [5.74, 6) is -0.201. The summed E-state index contributed by atoms with van der Waals surface area (Å²) in [6, 6.07) is 10.3. The first-order valence-corrected chi connectivity index (χ1v) is 10.3. The van der Waals surface area contributed by atoms with Gasteiger partial charge in [-0.1, -0.05) is 6.07 Å². The van der Waals surface area contributed by atoms with Crippen LogP contribution in [0, 0.1) is 5.82 Å². The highest BCUT2D eigenvalue weighted by Gasteiger charge is 2.30. The Labute approximate surface area is 177 Å². The number of nitrogens with zero attached hydrogens (tertiary/aromatic N) is 3. The molecule has 3 heterocycles. The highest BCUT2D eigenvalue weighted by Crippen LogP contribution is 2.31. The predicted octanol–water partition coefficient (Wildman–Crippen LogP) is 2.84. The third-order valence-electron chi connectivity index (χ3n) is 6.26. The molecule has 5 rings (SSSR count). The normalized spacial score (nSPS) is 16.3. The lowest BCUT2D eigenvalue weighted by atomic mass is 10.1. The quantitative estimate of drug-likeness (QED) is 0.379. The number of hydrogen-bond donors (Lipinski definition) is 4. The number of likely N-dealkylation sites (N-methyl/N-ethyl adjacent to an activating group) is 1. The minimum atomic E-state index is -0.499. The fourth-order valence-corrected chi connectivity index (χ4v) is 4.29.